The number of amides is 2. The van der Waals surface area contributed by atoms with E-state index >= 15 is 0 Å². The molecule has 0 radical (unpaired) electrons. The van der Waals surface area contributed by atoms with Crippen LogP contribution in [0.25, 0.3) is 0 Å². The predicted octanol–water partition coefficient (Wildman–Crippen LogP) is 4.17. The molecule has 1 saturated carbocycles. The molecule has 8 nitrogen and oxygen atoms in total. The number of carboxylic acid groups (broad SMARTS) is 1. The molecule has 1 aliphatic carbocycles. The van der Waals surface area contributed by atoms with Gasteiger partial charge < -0.3 is 25.2 Å². The Bertz CT molecular complexity index is 1170. The lowest BCUT2D eigenvalue weighted by atomic mass is 9.87. The van der Waals surface area contributed by atoms with Gasteiger partial charge in [-0.1, -0.05) is 0 Å². The maximum atomic E-state index is 12.5. The fraction of sp³-hybridized carbons (Fsp3) is 0.423. The predicted molar refractivity (Wildman–Crippen MR) is 132 cm³/mol. The number of carboxylic acids is 1. The van der Waals surface area contributed by atoms with Gasteiger partial charge in [0, 0.05) is 23.5 Å². The number of alkyl halides is 3. The molecule has 0 aromatic heterocycles. The zero-order valence-electron chi connectivity index (χ0n) is 20.3. The van der Waals surface area contributed by atoms with Crippen LogP contribution in [0.5, 0.6) is 11.5 Å². The van der Waals surface area contributed by atoms with Crippen LogP contribution in [0.1, 0.15) is 41.6 Å². The van der Waals surface area contributed by atoms with E-state index in [-0.39, 0.29) is 49.1 Å². The Balaban J connectivity index is 1.16. The lowest BCUT2D eigenvalue weighted by Crippen LogP contribution is -2.38. The van der Waals surface area contributed by atoms with Gasteiger partial charge in [-0.3, -0.25) is 14.4 Å². The largest absolute Gasteiger partial charge is 0.573 e. The van der Waals surface area contributed by atoms with Crippen molar-refractivity contribution in [3.8, 4) is 11.5 Å². The number of rotatable bonds is 9. The zero-order chi connectivity index (χ0) is 27.3. The molecule has 0 spiro atoms. The molecule has 2 aromatic rings. The van der Waals surface area contributed by atoms with Crippen LogP contribution in [0.2, 0.25) is 0 Å². The number of carbonyl (C=O) groups is 3. The maximum Gasteiger partial charge on any atom is 0.573 e. The van der Waals surface area contributed by atoms with Crippen LogP contribution in [0.4, 0.5) is 13.2 Å². The van der Waals surface area contributed by atoms with Crippen LogP contribution in [0, 0.1) is 5.92 Å². The molecule has 0 saturated heterocycles. The fourth-order valence-electron chi connectivity index (χ4n) is 4.45. The van der Waals surface area contributed by atoms with E-state index < -0.39 is 17.6 Å². The van der Waals surface area contributed by atoms with Crippen molar-refractivity contribution in [1.82, 2.24) is 10.6 Å². The number of nitrogens with one attached hydrogen (secondary N) is 2. The molecule has 1 atom stereocenters. The van der Waals surface area contributed by atoms with E-state index in [1.54, 1.807) is 24.3 Å². The van der Waals surface area contributed by atoms with E-state index in [0.717, 1.165) is 4.90 Å². The fourth-order valence-corrected chi connectivity index (χ4v) is 5.65. The molecule has 2 aliphatic rings. The van der Waals surface area contributed by atoms with Crippen molar-refractivity contribution in [3.63, 3.8) is 0 Å². The lowest BCUT2D eigenvalue weighted by molar-refractivity contribution is -0.274. The summed E-state index contributed by atoms with van der Waals surface area (Å²) in [6, 6.07) is 10.7. The van der Waals surface area contributed by atoms with E-state index in [0.29, 0.717) is 42.6 Å². The standard InChI is InChI=1S/C26H27F3N2O6S/c27-26(28,29)37-20-9-10-21-17(13-20)14-22(38-21)24(33)31-12-11-30-23(32)15-1-5-18(6-2-15)36-19-7-3-16(4-8-19)25(34)35/h1-2,5-6,9-10,13,16,19,22H,3-4,7-8,11-12,14H2,(H,30,32)(H,31,33)(H,34,35). The topological polar surface area (TPSA) is 114 Å². The maximum absolute atomic E-state index is 12.5. The smallest absolute Gasteiger partial charge is 0.490 e. The summed E-state index contributed by atoms with van der Waals surface area (Å²) >= 11 is 1.27. The van der Waals surface area contributed by atoms with Crippen LogP contribution in [-0.4, -0.2) is 53.7 Å². The molecule has 38 heavy (non-hydrogen) atoms. The van der Waals surface area contributed by atoms with Crippen molar-refractivity contribution < 1.29 is 42.1 Å². The molecular formula is C26H27F3N2O6S. The number of ether oxygens (including phenoxy) is 2. The normalized spacial score (nSPS) is 20.8. The van der Waals surface area contributed by atoms with Gasteiger partial charge in [0.15, 0.2) is 0 Å². The summed E-state index contributed by atoms with van der Waals surface area (Å²) in [4.78, 5) is 36.7. The Hall–Kier alpha value is -3.41. The summed E-state index contributed by atoms with van der Waals surface area (Å²) in [6.45, 7) is 0.393. The number of aliphatic carboxylic acids is 1. The highest BCUT2D eigenvalue weighted by Crippen LogP contribution is 2.39. The molecule has 3 N–H and O–H groups in total. The minimum Gasteiger partial charge on any atom is -0.490 e. The second-order valence-corrected chi connectivity index (χ2v) is 10.4. The first-order chi connectivity index (χ1) is 18.1. The van der Waals surface area contributed by atoms with Crippen LogP contribution in [-0.2, 0) is 16.0 Å². The van der Waals surface area contributed by atoms with Gasteiger partial charge in [0.05, 0.1) is 17.3 Å². The molecule has 204 valence electrons. The molecule has 2 aromatic carbocycles. The van der Waals surface area contributed by atoms with E-state index in [4.69, 9.17) is 9.84 Å². The average Bonchev–Trinajstić information content (AvgIpc) is 3.30. The molecular weight excluding hydrogens is 525 g/mol. The number of fused-ring (bicyclic) bond motifs is 1. The van der Waals surface area contributed by atoms with Crippen molar-refractivity contribution in [2.75, 3.05) is 13.1 Å². The van der Waals surface area contributed by atoms with Crippen LogP contribution in [0.15, 0.2) is 47.4 Å². The van der Waals surface area contributed by atoms with Crippen molar-refractivity contribution in [2.45, 2.75) is 54.7 Å². The van der Waals surface area contributed by atoms with Gasteiger partial charge in [-0.2, -0.15) is 0 Å². The van der Waals surface area contributed by atoms with Gasteiger partial charge in [0.2, 0.25) is 5.91 Å². The quantitative estimate of drug-likeness (QED) is 0.400. The molecule has 2 amide bonds. The molecule has 12 heteroatoms. The summed E-state index contributed by atoms with van der Waals surface area (Å²) in [5, 5.41) is 14.1. The van der Waals surface area contributed by atoms with Gasteiger partial charge in [-0.25, -0.2) is 0 Å². The van der Waals surface area contributed by atoms with Gasteiger partial charge in [-0.05, 0) is 80.1 Å². The summed E-state index contributed by atoms with van der Waals surface area (Å²) in [5.41, 5.74) is 1.04. The van der Waals surface area contributed by atoms with E-state index in [2.05, 4.69) is 15.4 Å². The van der Waals surface area contributed by atoms with Crippen LogP contribution in [0.3, 0.4) is 0 Å². The molecule has 1 fully saturated rings. The Morgan fingerprint density at radius 1 is 0.947 bits per heavy atom. The molecule has 1 unspecified atom stereocenters. The highest BCUT2D eigenvalue weighted by Gasteiger charge is 2.33. The Kier molecular flexibility index (Phi) is 8.70. The molecule has 1 heterocycles. The Morgan fingerprint density at radius 3 is 2.26 bits per heavy atom. The third-order valence-electron chi connectivity index (χ3n) is 6.38. The van der Waals surface area contributed by atoms with Crippen LogP contribution >= 0.6 is 11.8 Å². The lowest BCUT2D eigenvalue weighted by Gasteiger charge is -2.26. The number of halogens is 3. The third-order valence-corrected chi connectivity index (χ3v) is 7.70. The van der Waals surface area contributed by atoms with Gasteiger partial charge in [0.1, 0.15) is 11.5 Å². The number of carbonyl (C=O) groups excluding carboxylic acids is 2. The van der Waals surface area contributed by atoms with E-state index in [1.165, 1.54) is 30.0 Å². The van der Waals surface area contributed by atoms with E-state index in [1.807, 2.05) is 0 Å². The SMILES string of the molecule is O=C(NCCNC(=O)C1Cc2cc(OC(F)(F)F)ccc2S1)c1ccc(OC2CCC(C(=O)O)CC2)cc1. The Labute approximate surface area is 221 Å². The summed E-state index contributed by atoms with van der Waals surface area (Å²) in [7, 11) is 0. The van der Waals surface area contributed by atoms with E-state index in [9.17, 15) is 27.6 Å². The number of benzene rings is 2. The molecule has 4 rings (SSSR count). The highest BCUT2D eigenvalue weighted by molar-refractivity contribution is 8.01. The monoisotopic (exact) mass is 552 g/mol. The van der Waals surface area contributed by atoms with Crippen molar-refractivity contribution in [2.24, 2.45) is 5.92 Å². The van der Waals surface area contributed by atoms with Crippen molar-refractivity contribution in [3.05, 3.63) is 53.6 Å². The number of thioether (sulfide) groups is 1. The average molecular weight is 553 g/mol. The second-order valence-electron chi connectivity index (χ2n) is 9.13. The summed E-state index contributed by atoms with van der Waals surface area (Å²) in [6.07, 6.45) is -2.03. The number of hydrogen-bond donors (Lipinski definition) is 3. The van der Waals surface area contributed by atoms with Crippen molar-refractivity contribution >= 4 is 29.5 Å². The molecule has 1 aliphatic heterocycles. The summed E-state index contributed by atoms with van der Waals surface area (Å²) in [5.74, 6) is -1.36. The van der Waals surface area contributed by atoms with Crippen molar-refractivity contribution in [1.29, 1.82) is 0 Å². The highest BCUT2D eigenvalue weighted by atomic mass is 32.2. The Morgan fingerprint density at radius 2 is 1.61 bits per heavy atom. The minimum atomic E-state index is -4.78. The first kappa shape index (κ1) is 27.6. The first-order valence-corrected chi connectivity index (χ1v) is 13.1. The zero-order valence-corrected chi connectivity index (χ0v) is 21.1. The van der Waals surface area contributed by atoms with Gasteiger partial charge in [0.25, 0.3) is 5.91 Å². The third kappa shape index (κ3) is 7.56. The van der Waals surface area contributed by atoms with Gasteiger partial charge >= 0.3 is 12.3 Å². The minimum absolute atomic E-state index is 0.0463. The van der Waals surface area contributed by atoms with Crippen LogP contribution < -0.4 is 20.1 Å². The summed E-state index contributed by atoms with van der Waals surface area (Å²) < 4.78 is 47.1. The first-order valence-electron chi connectivity index (χ1n) is 12.2. The number of hydrogen-bond acceptors (Lipinski definition) is 6. The second kappa shape index (κ2) is 12.0. The molecule has 0 bridgehead atoms. The van der Waals surface area contributed by atoms with Gasteiger partial charge in [-0.15, -0.1) is 24.9 Å².